The van der Waals surface area contributed by atoms with Crippen LogP contribution in [0.2, 0.25) is 0 Å². The standard InChI is InChI=1S/C19H21N5O/c1-14-6-5-7-15(10-14)11-20-18-13-22-24-19(23-18)21-12-16-8-3-4-9-17(16)25-2/h3-10,13H,11-12H2,1-2H3,(H2,20,21,23,24). The van der Waals surface area contributed by atoms with Crippen molar-refractivity contribution in [1.82, 2.24) is 15.2 Å². The van der Waals surface area contributed by atoms with Gasteiger partial charge in [-0.25, -0.2) is 0 Å². The number of nitrogens with one attached hydrogen (secondary N) is 2. The summed E-state index contributed by atoms with van der Waals surface area (Å²) >= 11 is 0. The van der Waals surface area contributed by atoms with Gasteiger partial charge in [0.15, 0.2) is 5.82 Å². The molecule has 25 heavy (non-hydrogen) atoms. The van der Waals surface area contributed by atoms with Gasteiger partial charge in [-0.2, -0.15) is 10.1 Å². The second kappa shape index (κ2) is 8.10. The first-order valence-corrected chi connectivity index (χ1v) is 8.09. The number of aryl methyl sites for hydroxylation is 1. The van der Waals surface area contributed by atoms with E-state index in [4.69, 9.17) is 4.74 Å². The van der Waals surface area contributed by atoms with Crippen molar-refractivity contribution in [2.45, 2.75) is 20.0 Å². The first-order valence-electron chi connectivity index (χ1n) is 8.09. The Balaban J connectivity index is 1.61. The van der Waals surface area contributed by atoms with Crippen molar-refractivity contribution in [1.29, 1.82) is 0 Å². The van der Waals surface area contributed by atoms with E-state index in [1.54, 1.807) is 13.3 Å². The lowest BCUT2D eigenvalue weighted by Crippen LogP contribution is -2.08. The van der Waals surface area contributed by atoms with Crippen LogP contribution in [-0.4, -0.2) is 22.3 Å². The highest BCUT2D eigenvalue weighted by Gasteiger charge is 2.04. The summed E-state index contributed by atoms with van der Waals surface area (Å²) in [7, 11) is 1.66. The fourth-order valence-electron chi connectivity index (χ4n) is 2.50. The van der Waals surface area contributed by atoms with Crippen molar-refractivity contribution in [2.75, 3.05) is 17.7 Å². The molecule has 2 aromatic carbocycles. The smallest absolute Gasteiger partial charge is 0.244 e. The average molecular weight is 335 g/mol. The van der Waals surface area contributed by atoms with Crippen LogP contribution in [0, 0.1) is 6.92 Å². The second-order valence-electron chi connectivity index (χ2n) is 5.67. The minimum Gasteiger partial charge on any atom is -0.496 e. The van der Waals surface area contributed by atoms with Crippen LogP contribution >= 0.6 is 0 Å². The Bertz CT molecular complexity index is 837. The van der Waals surface area contributed by atoms with E-state index in [2.05, 4.69) is 50.9 Å². The fourth-order valence-corrected chi connectivity index (χ4v) is 2.50. The van der Waals surface area contributed by atoms with E-state index >= 15 is 0 Å². The van der Waals surface area contributed by atoms with E-state index in [1.165, 1.54) is 11.1 Å². The molecule has 128 valence electrons. The predicted molar refractivity (Wildman–Crippen MR) is 98.7 cm³/mol. The molecule has 0 saturated carbocycles. The maximum absolute atomic E-state index is 5.35. The summed E-state index contributed by atoms with van der Waals surface area (Å²) in [5.41, 5.74) is 3.47. The third kappa shape index (κ3) is 4.67. The molecule has 0 unspecified atom stereocenters. The highest BCUT2D eigenvalue weighted by atomic mass is 16.5. The van der Waals surface area contributed by atoms with Crippen molar-refractivity contribution < 1.29 is 4.74 Å². The molecule has 0 atom stereocenters. The molecule has 0 aliphatic heterocycles. The predicted octanol–water partition coefficient (Wildman–Crippen LogP) is 3.41. The number of aromatic nitrogens is 3. The van der Waals surface area contributed by atoms with Gasteiger partial charge in [0.05, 0.1) is 13.3 Å². The summed E-state index contributed by atoms with van der Waals surface area (Å²) in [6.45, 7) is 3.33. The van der Waals surface area contributed by atoms with E-state index < -0.39 is 0 Å². The van der Waals surface area contributed by atoms with Gasteiger partial charge in [0.1, 0.15) is 5.75 Å². The van der Waals surface area contributed by atoms with Gasteiger partial charge in [-0.1, -0.05) is 48.0 Å². The monoisotopic (exact) mass is 335 g/mol. The average Bonchev–Trinajstić information content (AvgIpc) is 2.65. The molecule has 0 fully saturated rings. The Morgan fingerprint density at radius 1 is 1.00 bits per heavy atom. The van der Waals surface area contributed by atoms with Gasteiger partial charge >= 0.3 is 0 Å². The molecule has 0 aliphatic rings. The van der Waals surface area contributed by atoms with Gasteiger partial charge in [0, 0.05) is 18.7 Å². The molecular weight excluding hydrogens is 314 g/mol. The lowest BCUT2D eigenvalue weighted by atomic mass is 10.1. The van der Waals surface area contributed by atoms with Crippen molar-refractivity contribution >= 4 is 11.8 Å². The molecule has 1 heterocycles. The molecule has 0 aliphatic carbocycles. The lowest BCUT2D eigenvalue weighted by Gasteiger charge is -2.10. The highest BCUT2D eigenvalue weighted by Crippen LogP contribution is 2.18. The van der Waals surface area contributed by atoms with Gasteiger partial charge in [-0.05, 0) is 18.6 Å². The Morgan fingerprint density at radius 3 is 2.72 bits per heavy atom. The van der Waals surface area contributed by atoms with Gasteiger partial charge < -0.3 is 15.4 Å². The minimum absolute atomic E-state index is 0.472. The van der Waals surface area contributed by atoms with Crippen LogP contribution in [-0.2, 0) is 13.1 Å². The van der Waals surface area contributed by atoms with E-state index in [-0.39, 0.29) is 0 Å². The van der Waals surface area contributed by atoms with Crippen molar-refractivity contribution in [3.63, 3.8) is 0 Å². The number of rotatable bonds is 7. The summed E-state index contributed by atoms with van der Waals surface area (Å²) in [5.74, 6) is 1.98. The maximum Gasteiger partial charge on any atom is 0.244 e. The van der Waals surface area contributed by atoms with Crippen molar-refractivity contribution in [3.05, 3.63) is 71.4 Å². The number of methoxy groups -OCH3 is 1. The topological polar surface area (TPSA) is 72.0 Å². The number of hydrogen-bond donors (Lipinski definition) is 2. The zero-order valence-corrected chi connectivity index (χ0v) is 14.4. The quantitative estimate of drug-likeness (QED) is 0.689. The molecule has 0 saturated heterocycles. The number of para-hydroxylation sites is 1. The van der Waals surface area contributed by atoms with Gasteiger partial charge in [0.2, 0.25) is 5.95 Å². The van der Waals surface area contributed by atoms with Gasteiger partial charge in [-0.3, -0.25) is 0 Å². The zero-order chi connectivity index (χ0) is 17.5. The summed E-state index contributed by atoms with van der Waals surface area (Å²) in [6.07, 6.45) is 1.62. The molecule has 2 N–H and O–H groups in total. The summed E-state index contributed by atoms with van der Waals surface area (Å²) < 4.78 is 5.35. The lowest BCUT2D eigenvalue weighted by molar-refractivity contribution is 0.410. The molecule has 1 aromatic heterocycles. The number of anilines is 2. The minimum atomic E-state index is 0.472. The van der Waals surface area contributed by atoms with E-state index in [0.29, 0.717) is 24.9 Å². The molecule has 6 heteroatoms. The van der Waals surface area contributed by atoms with E-state index in [9.17, 15) is 0 Å². The Hall–Kier alpha value is -3.15. The van der Waals surface area contributed by atoms with Crippen molar-refractivity contribution in [2.24, 2.45) is 0 Å². The molecule has 0 bridgehead atoms. The maximum atomic E-state index is 5.35. The van der Waals surface area contributed by atoms with Crippen LogP contribution in [0.15, 0.2) is 54.7 Å². The van der Waals surface area contributed by atoms with Crippen LogP contribution in [0.4, 0.5) is 11.8 Å². The number of nitrogens with zero attached hydrogens (tertiary/aromatic N) is 3. The largest absolute Gasteiger partial charge is 0.496 e. The number of benzene rings is 2. The van der Waals surface area contributed by atoms with Crippen molar-refractivity contribution in [3.8, 4) is 5.75 Å². The number of ether oxygens (including phenoxy) is 1. The number of hydrogen-bond acceptors (Lipinski definition) is 6. The summed E-state index contributed by atoms with van der Waals surface area (Å²) in [4.78, 5) is 4.44. The Labute approximate surface area is 147 Å². The molecule has 3 rings (SSSR count). The van der Waals surface area contributed by atoms with Crippen LogP contribution in [0.1, 0.15) is 16.7 Å². The molecule has 6 nitrogen and oxygen atoms in total. The van der Waals surface area contributed by atoms with Crippen LogP contribution in [0.5, 0.6) is 5.75 Å². The fraction of sp³-hybridized carbons (Fsp3) is 0.211. The normalized spacial score (nSPS) is 10.3. The molecule has 0 amide bonds. The highest BCUT2D eigenvalue weighted by molar-refractivity contribution is 5.40. The Kier molecular flexibility index (Phi) is 5.41. The van der Waals surface area contributed by atoms with Crippen LogP contribution < -0.4 is 15.4 Å². The molecular formula is C19H21N5O. The molecule has 3 aromatic rings. The molecule has 0 radical (unpaired) electrons. The first-order chi connectivity index (χ1) is 12.2. The first kappa shape index (κ1) is 16.7. The SMILES string of the molecule is COc1ccccc1CNc1nncc(NCc2cccc(C)c2)n1. The van der Waals surface area contributed by atoms with Gasteiger partial charge in [0.25, 0.3) is 0 Å². The third-order valence-corrected chi connectivity index (χ3v) is 3.74. The van der Waals surface area contributed by atoms with Gasteiger partial charge in [-0.15, -0.1) is 5.10 Å². The summed E-state index contributed by atoms with van der Waals surface area (Å²) in [5, 5.41) is 14.5. The zero-order valence-electron chi connectivity index (χ0n) is 14.4. The van der Waals surface area contributed by atoms with Crippen LogP contribution in [0.3, 0.4) is 0 Å². The van der Waals surface area contributed by atoms with E-state index in [1.807, 2.05) is 30.3 Å². The molecule has 0 spiro atoms. The van der Waals surface area contributed by atoms with E-state index in [0.717, 1.165) is 11.3 Å². The third-order valence-electron chi connectivity index (χ3n) is 3.74. The Morgan fingerprint density at radius 2 is 1.88 bits per heavy atom. The second-order valence-corrected chi connectivity index (χ2v) is 5.67. The van der Waals surface area contributed by atoms with Crippen LogP contribution in [0.25, 0.3) is 0 Å². The summed E-state index contributed by atoms with van der Waals surface area (Å²) in [6, 6.07) is 16.2.